The van der Waals surface area contributed by atoms with Gasteiger partial charge >= 0.3 is 5.97 Å². The van der Waals surface area contributed by atoms with Gasteiger partial charge in [0.1, 0.15) is 0 Å². The Bertz CT molecular complexity index is 1300. The minimum Gasteiger partial charge on any atom is -0.493 e. The summed E-state index contributed by atoms with van der Waals surface area (Å²) in [6.07, 6.45) is 1.75. The van der Waals surface area contributed by atoms with Crippen LogP contribution in [0, 0.1) is 0 Å². The van der Waals surface area contributed by atoms with Gasteiger partial charge < -0.3 is 19.1 Å². The molecule has 35 heavy (non-hydrogen) atoms. The second kappa shape index (κ2) is 10.9. The molecule has 0 saturated carbocycles. The lowest BCUT2D eigenvalue weighted by Gasteiger charge is -2.16. The van der Waals surface area contributed by atoms with Crippen molar-refractivity contribution < 1.29 is 23.8 Å². The third-order valence-corrected chi connectivity index (χ3v) is 6.11. The highest BCUT2D eigenvalue weighted by Crippen LogP contribution is 2.34. The van der Waals surface area contributed by atoms with Crippen LogP contribution in [0.1, 0.15) is 16.1 Å². The molecule has 1 amide bonds. The van der Waals surface area contributed by atoms with Crippen LogP contribution >= 0.6 is 11.3 Å². The van der Waals surface area contributed by atoms with Crippen LogP contribution in [0.15, 0.2) is 71.6 Å². The van der Waals surface area contributed by atoms with Crippen LogP contribution in [0.2, 0.25) is 0 Å². The van der Waals surface area contributed by atoms with Crippen molar-refractivity contribution in [3.8, 4) is 28.3 Å². The van der Waals surface area contributed by atoms with Gasteiger partial charge in [-0.05, 0) is 52.2 Å². The minimum atomic E-state index is -0.693. The lowest BCUT2D eigenvalue weighted by Crippen LogP contribution is -2.30. The van der Waals surface area contributed by atoms with E-state index in [1.807, 2.05) is 53.2 Å². The topological polar surface area (TPSA) is 82.9 Å². The third-order valence-electron chi connectivity index (χ3n) is 5.38. The molecule has 4 rings (SSSR count). The predicted molar refractivity (Wildman–Crippen MR) is 133 cm³/mol. The molecule has 0 aliphatic heterocycles. The van der Waals surface area contributed by atoms with Crippen LogP contribution in [0.3, 0.4) is 0 Å². The van der Waals surface area contributed by atoms with E-state index in [1.165, 1.54) is 4.90 Å². The number of likely N-dealkylation sites (N-methyl/N-ethyl adjacent to an activating group) is 1. The first kappa shape index (κ1) is 24.0. The molecule has 4 aromatic rings. The molecular weight excluding hydrogens is 466 g/mol. The van der Waals surface area contributed by atoms with Crippen LogP contribution in [0.5, 0.6) is 11.5 Å². The molecule has 0 bridgehead atoms. The fraction of sp³-hybridized carbons (Fsp3) is 0.192. The van der Waals surface area contributed by atoms with Gasteiger partial charge in [-0.2, -0.15) is 16.4 Å². The van der Waals surface area contributed by atoms with Gasteiger partial charge in [0, 0.05) is 25.4 Å². The van der Waals surface area contributed by atoms with Crippen LogP contribution in [-0.2, 0) is 16.1 Å². The Morgan fingerprint density at radius 2 is 1.80 bits per heavy atom. The van der Waals surface area contributed by atoms with Crippen molar-refractivity contribution >= 4 is 23.2 Å². The van der Waals surface area contributed by atoms with Gasteiger partial charge in [-0.3, -0.25) is 4.79 Å². The zero-order valence-electron chi connectivity index (χ0n) is 19.6. The molecule has 0 radical (unpaired) electrons. The molecular formula is C26H25N3O5S. The molecule has 2 aromatic carbocycles. The summed E-state index contributed by atoms with van der Waals surface area (Å²) in [7, 11) is 4.77. The van der Waals surface area contributed by atoms with E-state index in [4.69, 9.17) is 14.2 Å². The first-order valence-corrected chi connectivity index (χ1v) is 11.7. The predicted octanol–water partition coefficient (Wildman–Crippen LogP) is 4.43. The summed E-state index contributed by atoms with van der Waals surface area (Å²) >= 11 is 1.56. The molecule has 2 aromatic heterocycles. The average molecular weight is 492 g/mol. The quantitative estimate of drug-likeness (QED) is 0.322. The number of carbonyl (C=O) groups excluding carboxylic acids is 2. The molecule has 0 aliphatic rings. The van der Waals surface area contributed by atoms with Gasteiger partial charge in [0.05, 0.1) is 19.9 Å². The van der Waals surface area contributed by atoms with Crippen LogP contribution < -0.4 is 9.47 Å². The zero-order chi connectivity index (χ0) is 24.8. The summed E-state index contributed by atoms with van der Waals surface area (Å²) in [6.45, 7) is 0.0580. The SMILES string of the molecule is COc1ccc(-c2cn(-c3ccccc3)nc2C(=O)OCC(=O)N(C)Cc2ccsc2)cc1OC. The normalized spacial score (nSPS) is 10.6. The van der Waals surface area contributed by atoms with Crippen LogP contribution in [0.25, 0.3) is 16.8 Å². The Morgan fingerprint density at radius 1 is 1.03 bits per heavy atom. The molecule has 0 spiro atoms. The van der Waals surface area contributed by atoms with Crippen LogP contribution in [-0.4, -0.2) is 54.4 Å². The second-order valence-electron chi connectivity index (χ2n) is 7.70. The number of benzene rings is 2. The van der Waals surface area contributed by atoms with Crippen molar-refractivity contribution in [3.63, 3.8) is 0 Å². The molecule has 2 heterocycles. The summed E-state index contributed by atoms with van der Waals surface area (Å²) in [5.74, 6) is 0.0820. The number of ether oxygens (including phenoxy) is 3. The average Bonchev–Trinajstić information content (AvgIpc) is 3.57. The van der Waals surface area contributed by atoms with Crippen molar-refractivity contribution in [2.45, 2.75) is 6.54 Å². The fourth-order valence-electron chi connectivity index (χ4n) is 3.50. The monoisotopic (exact) mass is 491 g/mol. The molecule has 0 unspecified atom stereocenters. The summed E-state index contributed by atoms with van der Waals surface area (Å²) in [6, 6.07) is 16.7. The lowest BCUT2D eigenvalue weighted by atomic mass is 10.1. The number of carbonyl (C=O) groups is 2. The van der Waals surface area contributed by atoms with Crippen molar-refractivity contribution in [3.05, 3.63) is 82.8 Å². The Balaban J connectivity index is 1.59. The number of rotatable bonds is 9. The highest BCUT2D eigenvalue weighted by molar-refractivity contribution is 7.07. The first-order valence-electron chi connectivity index (χ1n) is 10.8. The number of thiophene rings is 1. The van der Waals surface area contributed by atoms with Gasteiger partial charge in [-0.15, -0.1) is 0 Å². The van der Waals surface area contributed by atoms with Crippen molar-refractivity contribution in [2.24, 2.45) is 0 Å². The van der Waals surface area contributed by atoms with Gasteiger partial charge in [0.2, 0.25) is 0 Å². The minimum absolute atomic E-state index is 0.0920. The highest BCUT2D eigenvalue weighted by Gasteiger charge is 2.23. The largest absolute Gasteiger partial charge is 0.493 e. The number of methoxy groups -OCH3 is 2. The molecule has 8 nitrogen and oxygen atoms in total. The maximum absolute atomic E-state index is 13.1. The number of esters is 1. The summed E-state index contributed by atoms with van der Waals surface area (Å²) in [4.78, 5) is 27.1. The number of aromatic nitrogens is 2. The maximum atomic E-state index is 13.1. The number of para-hydroxylation sites is 1. The van der Waals surface area contributed by atoms with Gasteiger partial charge in [-0.25, -0.2) is 9.48 Å². The molecule has 180 valence electrons. The Labute approximate surface area is 207 Å². The summed E-state index contributed by atoms with van der Waals surface area (Å²) in [5.41, 5.74) is 3.13. The van der Waals surface area contributed by atoms with E-state index in [1.54, 1.807) is 55.6 Å². The Morgan fingerprint density at radius 3 is 2.49 bits per heavy atom. The first-order chi connectivity index (χ1) is 17.0. The van der Waals surface area contributed by atoms with Crippen molar-refractivity contribution in [1.82, 2.24) is 14.7 Å². The van der Waals surface area contributed by atoms with Crippen molar-refractivity contribution in [2.75, 3.05) is 27.9 Å². The van der Waals surface area contributed by atoms with Crippen molar-refractivity contribution in [1.29, 1.82) is 0 Å². The smallest absolute Gasteiger partial charge is 0.360 e. The number of hydrogen-bond acceptors (Lipinski definition) is 7. The molecule has 9 heteroatoms. The zero-order valence-corrected chi connectivity index (χ0v) is 20.5. The standard InChI is InChI=1S/C26H25N3O5S/c1-28(14-18-11-12-35-17-18)24(30)16-34-26(31)25-21(15-29(27-25)20-7-5-4-6-8-20)19-9-10-22(32-2)23(13-19)33-3/h4-13,15,17H,14,16H2,1-3H3. The van der Waals surface area contributed by atoms with E-state index in [-0.39, 0.29) is 18.2 Å². The lowest BCUT2D eigenvalue weighted by molar-refractivity contribution is -0.133. The van der Waals surface area contributed by atoms with E-state index in [0.717, 1.165) is 11.3 Å². The van der Waals surface area contributed by atoms with Gasteiger partial charge in [0.25, 0.3) is 5.91 Å². The number of nitrogens with zero attached hydrogens (tertiary/aromatic N) is 3. The molecule has 0 N–H and O–H groups in total. The second-order valence-corrected chi connectivity index (χ2v) is 8.48. The van der Waals surface area contributed by atoms with E-state index in [0.29, 0.717) is 29.2 Å². The summed E-state index contributed by atoms with van der Waals surface area (Å²) < 4.78 is 17.7. The van der Waals surface area contributed by atoms with Gasteiger partial charge in [0.15, 0.2) is 23.8 Å². The van der Waals surface area contributed by atoms with E-state index in [9.17, 15) is 9.59 Å². The fourth-order valence-corrected chi connectivity index (χ4v) is 4.16. The molecule has 0 aliphatic carbocycles. The molecule has 0 atom stereocenters. The van der Waals surface area contributed by atoms with Gasteiger partial charge in [-0.1, -0.05) is 24.3 Å². The molecule has 0 fully saturated rings. The van der Waals surface area contributed by atoms with E-state index >= 15 is 0 Å². The Hall–Kier alpha value is -4.11. The third kappa shape index (κ3) is 5.52. The number of amides is 1. The maximum Gasteiger partial charge on any atom is 0.360 e. The van der Waals surface area contributed by atoms with Crippen LogP contribution in [0.4, 0.5) is 0 Å². The molecule has 0 saturated heterocycles. The highest BCUT2D eigenvalue weighted by atomic mass is 32.1. The van der Waals surface area contributed by atoms with E-state index in [2.05, 4.69) is 5.10 Å². The summed E-state index contributed by atoms with van der Waals surface area (Å²) in [5, 5.41) is 8.41. The van der Waals surface area contributed by atoms with E-state index < -0.39 is 5.97 Å². The Kier molecular flexibility index (Phi) is 7.47. The number of hydrogen-bond donors (Lipinski definition) is 0.